The molecule has 144 valence electrons. The summed E-state index contributed by atoms with van der Waals surface area (Å²) in [4.78, 5) is 19.2. The molecule has 4 rings (SSSR count). The number of carbonyl (C=O) groups excluding carboxylic acids is 1. The fourth-order valence-electron chi connectivity index (χ4n) is 3.65. The lowest BCUT2D eigenvalue weighted by molar-refractivity contribution is 0.0737. The van der Waals surface area contributed by atoms with Crippen LogP contribution in [0.3, 0.4) is 0 Å². The van der Waals surface area contributed by atoms with E-state index in [0.29, 0.717) is 6.04 Å². The maximum absolute atomic E-state index is 12.8. The Hall–Kier alpha value is -2.08. The Morgan fingerprint density at radius 1 is 1.15 bits per heavy atom. The molecule has 1 N–H and O–H groups in total. The Bertz CT molecular complexity index is 894. The minimum atomic E-state index is 0. The Morgan fingerprint density at radius 3 is 2.63 bits per heavy atom. The van der Waals surface area contributed by atoms with Gasteiger partial charge in [-0.05, 0) is 56.3 Å². The van der Waals surface area contributed by atoms with Gasteiger partial charge in [-0.25, -0.2) is 4.98 Å². The summed E-state index contributed by atoms with van der Waals surface area (Å²) in [7, 11) is 1.94. The highest BCUT2D eigenvalue weighted by atomic mass is 35.5. The minimum Gasteiger partial charge on any atom is -0.334 e. The molecule has 1 aliphatic rings. The average molecular weight is 407 g/mol. The van der Waals surface area contributed by atoms with Crippen molar-refractivity contribution in [2.45, 2.75) is 18.9 Å². The zero-order valence-electron chi connectivity index (χ0n) is 15.2. The molecule has 27 heavy (non-hydrogen) atoms. The minimum absolute atomic E-state index is 0. The Morgan fingerprint density at radius 2 is 1.89 bits per heavy atom. The van der Waals surface area contributed by atoms with Gasteiger partial charge in [0.1, 0.15) is 6.33 Å². The molecular weight excluding hydrogens is 383 g/mol. The molecule has 0 aliphatic carbocycles. The van der Waals surface area contributed by atoms with Gasteiger partial charge in [0, 0.05) is 30.4 Å². The number of para-hydroxylation sites is 2. The van der Waals surface area contributed by atoms with Gasteiger partial charge >= 0.3 is 0 Å². The number of nitrogens with zero attached hydrogens (tertiary/aromatic N) is 3. The predicted octanol–water partition coefficient (Wildman–Crippen LogP) is 3.69. The highest BCUT2D eigenvalue weighted by molar-refractivity contribution is 5.95. The number of imidazole rings is 1. The van der Waals surface area contributed by atoms with Gasteiger partial charge in [-0.2, -0.15) is 0 Å². The first-order chi connectivity index (χ1) is 12.3. The van der Waals surface area contributed by atoms with Crippen LogP contribution in [0.15, 0.2) is 54.9 Å². The van der Waals surface area contributed by atoms with Crippen molar-refractivity contribution in [3.8, 4) is 5.69 Å². The number of aromatic nitrogens is 2. The van der Waals surface area contributed by atoms with E-state index in [1.54, 1.807) is 0 Å². The molecular formula is C20H24Cl2N4O. The molecule has 3 aromatic rings. The van der Waals surface area contributed by atoms with Crippen LogP contribution >= 0.6 is 24.8 Å². The monoisotopic (exact) mass is 406 g/mol. The number of amides is 1. The number of hydrogen-bond acceptors (Lipinski definition) is 3. The molecule has 1 amide bonds. The van der Waals surface area contributed by atoms with Crippen molar-refractivity contribution in [3.63, 3.8) is 0 Å². The third kappa shape index (κ3) is 4.10. The van der Waals surface area contributed by atoms with Crippen molar-refractivity contribution in [2.75, 3.05) is 20.1 Å². The van der Waals surface area contributed by atoms with Crippen LogP contribution in [0, 0.1) is 0 Å². The van der Waals surface area contributed by atoms with E-state index in [9.17, 15) is 4.79 Å². The second-order valence-corrected chi connectivity index (χ2v) is 6.50. The molecule has 1 fully saturated rings. The summed E-state index contributed by atoms with van der Waals surface area (Å²) in [6.07, 6.45) is 3.98. The van der Waals surface area contributed by atoms with Gasteiger partial charge in [0.05, 0.1) is 11.0 Å². The summed E-state index contributed by atoms with van der Waals surface area (Å²) in [6, 6.07) is 16.2. The number of rotatable bonds is 4. The van der Waals surface area contributed by atoms with Gasteiger partial charge in [0.25, 0.3) is 5.91 Å². The largest absolute Gasteiger partial charge is 0.334 e. The van der Waals surface area contributed by atoms with Crippen LogP contribution in [-0.2, 0) is 0 Å². The maximum Gasteiger partial charge on any atom is 0.254 e. The molecule has 2 aromatic carbocycles. The maximum atomic E-state index is 12.8. The average Bonchev–Trinajstić information content (AvgIpc) is 3.28. The molecule has 0 bridgehead atoms. The van der Waals surface area contributed by atoms with Crippen molar-refractivity contribution in [1.82, 2.24) is 19.8 Å². The SMILES string of the molecule is CNCC1CCCN1C(=O)c1ccc(-n2cnc3ccccc32)cc1.Cl.Cl. The second-order valence-electron chi connectivity index (χ2n) is 6.50. The number of likely N-dealkylation sites (N-methyl/N-ethyl adjacent to an activating group) is 1. The van der Waals surface area contributed by atoms with E-state index < -0.39 is 0 Å². The number of hydrogen-bond donors (Lipinski definition) is 1. The molecule has 1 saturated heterocycles. The Balaban J connectivity index is 0.00000131. The van der Waals surface area contributed by atoms with E-state index >= 15 is 0 Å². The molecule has 2 heterocycles. The molecule has 0 spiro atoms. The molecule has 0 radical (unpaired) electrons. The van der Waals surface area contributed by atoms with Gasteiger partial charge in [-0.3, -0.25) is 9.36 Å². The summed E-state index contributed by atoms with van der Waals surface area (Å²) in [5, 5.41) is 3.19. The fourth-order valence-corrected chi connectivity index (χ4v) is 3.65. The van der Waals surface area contributed by atoms with E-state index in [0.717, 1.165) is 48.2 Å². The Labute approximate surface area is 171 Å². The zero-order valence-corrected chi connectivity index (χ0v) is 16.8. The van der Waals surface area contributed by atoms with Crippen LogP contribution in [0.2, 0.25) is 0 Å². The van der Waals surface area contributed by atoms with Crippen LogP contribution in [0.5, 0.6) is 0 Å². The molecule has 5 nitrogen and oxygen atoms in total. The summed E-state index contributed by atoms with van der Waals surface area (Å²) < 4.78 is 2.04. The number of carbonyl (C=O) groups is 1. The van der Waals surface area contributed by atoms with Gasteiger partial charge in [0.2, 0.25) is 0 Å². The number of fused-ring (bicyclic) bond motifs is 1. The molecule has 0 saturated carbocycles. The zero-order chi connectivity index (χ0) is 17.2. The molecule has 1 aliphatic heterocycles. The highest BCUT2D eigenvalue weighted by Crippen LogP contribution is 2.22. The summed E-state index contributed by atoms with van der Waals surface area (Å²) >= 11 is 0. The van der Waals surface area contributed by atoms with Crippen molar-refractivity contribution < 1.29 is 4.79 Å². The first-order valence-corrected chi connectivity index (χ1v) is 8.76. The lowest BCUT2D eigenvalue weighted by Gasteiger charge is -2.24. The van der Waals surface area contributed by atoms with E-state index in [1.807, 2.05) is 71.4 Å². The van der Waals surface area contributed by atoms with E-state index in [2.05, 4.69) is 10.3 Å². The smallest absolute Gasteiger partial charge is 0.254 e. The normalized spacial score (nSPS) is 16.0. The first-order valence-electron chi connectivity index (χ1n) is 8.76. The van der Waals surface area contributed by atoms with Crippen LogP contribution in [0.1, 0.15) is 23.2 Å². The van der Waals surface area contributed by atoms with Gasteiger partial charge in [-0.15, -0.1) is 24.8 Å². The quantitative estimate of drug-likeness (QED) is 0.718. The van der Waals surface area contributed by atoms with Crippen LogP contribution in [0.25, 0.3) is 16.7 Å². The van der Waals surface area contributed by atoms with E-state index in [1.165, 1.54) is 0 Å². The van der Waals surface area contributed by atoms with Crippen molar-refractivity contribution >= 4 is 41.8 Å². The Kier molecular flexibility index (Phi) is 7.25. The third-order valence-electron chi connectivity index (χ3n) is 4.92. The topological polar surface area (TPSA) is 50.2 Å². The molecule has 7 heteroatoms. The van der Waals surface area contributed by atoms with Gasteiger partial charge in [-0.1, -0.05) is 12.1 Å². The number of likely N-dealkylation sites (tertiary alicyclic amines) is 1. The number of benzene rings is 2. The molecule has 1 atom stereocenters. The fraction of sp³-hybridized carbons (Fsp3) is 0.300. The van der Waals surface area contributed by atoms with Crippen molar-refractivity contribution in [3.05, 3.63) is 60.4 Å². The number of nitrogens with one attached hydrogen (secondary N) is 1. The third-order valence-corrected chi connectivity index (χ3v) is 4.92. The summed E-state index contributed by atoms with van der Waals surface area (Å²) in [5.41, 5.74) is 3.79. The first kappa shape index (κ1) is 21.2. The molecule has 1 unspecified atom stereocenters. The molecule has 1 aromatic heterocycles. The van der Waals surface area contributed by atoms with Gasteiger partial charge in [0.15, 0.2) is 0 Å². The van der Waals surface area contributed by atoms with Crippen molar-refractivity contribution in [1.29, 1.82) is 0 Å². The van der Waals surface area contributed by atoms with Gasteiger partial charge < -0.3 is 10.2 Å². The van der Waals surface area contributed by atoms with E-state index in [4.69, 9.17) is 0 Å². The number of halogens is 2. The van der Waals surface area contributed by atoms with E-state index in [-0.39, 0.29) is 30.7 Å². The summed E-state index contributed by atoms with van der Waals surface area (Å²) in [5.74, 6) is 0.125. The van der Waals surface area contributed by atoms with Crippen molar-refractivity contribution in [2.24, 2.45) is 0 Å². The second kappa shape index (κ2) is 9.22. The summed E-state index contributed by atoms with van der Waals surface area (Å²) in [6.45, 7) is 1.70. The lowest BCUT2D eigenvalue weighted by Crippen LogP contribution is -2.40. The highest BCUT2D eigenvalue weighted by Gasteiger charge is 2.28. The van der Waals surface area contributed by atoms with Crippen LogP contribution in [-0.4, -0.2) is 46.5 Å². The predicted molar refractivity (Wildman–Crippen MR) is 114 cm³/mol. The van der Waals surface area contributed by atoms with Crippen LogP contribution < -0.4 is 5.32 Å². The lowest BCUT2D eigenvalue weighted by atomic mass is 10.1. The standard InChI is InChI=1S/C20H22N4O.2ClH/c1-21-13-17-5-4-12-23(17)20(25)15-8-10-16(11-9-15)24-14-22-18-6-2-3-7-19(18)24;;/h2-3,6-11,14,17,21H,4-5,12-13H2,1H3;2*1H. The van der Waals surface area contributed by atoms with Crippen LogP contribution in [0.4, 0.5) is 0 Å².